The average Bonchev–Trinajstić information content (AvgIpc) is 2.94. The Kier molecular flexibility index (Phi) is 11.3. The number of rotatable bonds is 14. The van der Waals surface area contributed by atoms with Crippen LogP contribution in [0.4, 0.5) is 5.69 Å². The van der Waals surface area contributed by atoms with E-state index in [0.29, 0.717) is 18.7 Å². The number of carbonyl (C=O) groups excluding carboxylic acids is 2. The molecule has 2 amide bonds. The lowest BCUT2D eigenvalue weighted by molar-refractivity contribution is -0.140. The van der Waals surface area contributed by atoms with Crippen LogP contribution in [0.25, 0.3) is 0 Å². The molecule has 8 heteroatoms. The molecule has 3 aromatic carbocycles. The van der Waals surface area contributed by atoms with Crippen molar-refractivity contribution in [3.8, 4) is 0 Å². The van der Waals surface area contributed by atoms with Crippen molar-refractivity contribution >= 4 is 27.5 Å². The highest BCUT2D eigenvalue weighted by molar-refractivity contribution is 7.92. The fraction of sp³-hybridized carbons (Fsp3) is 0.375. The fourth-order valence-electron chi connectivity index (χ4n) is 4.46. The number of nitrogens with one attached hydrogen (secondary N) is 1. The second-order valence-electron chi connectivity index (χ2n) is 10.1. The van der Waals surface area contributed by atoms with Gasteiger partial charge in [-0.3, -0.25) is 13.9 Å². The first-order valence-corrected chi connectivity index (χ1v) is 15.7. The summed E-state index contributed by atoms with van der Waals surface area (Å²) in [4.78, 5) is 29.2. The first-order chi connectivity index (χ1) is 19.1. The quantitative estimate of drug-likeness (QED) is 0.283. The molecule has 0 saturated carbocycles. The van der Waals surface area contributed by atoms with E-state index in [-0.39, 0.29) is 12.5 Å². The molecular weight excluding hydrogens is 522 g/mol. The summed E-state index contributed by atoms with van der Waals surface area (Å²) in [5.74, 6) is -0.701. The van der Waals surface area contributed by atoms with Crippen molar-refractivity contribution in [2.24, 2.45) is 0 Å². The Morgan fingerprint density at radius 3 is 2.05 bits per heavy atom. The number of benzene rings is 3. The molecule has 1 N–H and O–H groups in total. The van der Waals surface area contributed by atoms with Gasteiger partial charge in [0, 0.05) is 19.5 Å². The maximum atomic E-state index is 14.1. The van der Waals surface area contributed by atoms with E-state index in [2.05, 4.69) is 5.32 Å². The standard InChI is InChI=1S/C32H41N3O4S/c1-5-7-21-33-32(37)30(22-27-11-9-8-10-12-27)34(23-28-15-13-25(3)14-16-28)31(36)24-35(40(4,38)39)29-19-17-26(6-2)18-20-29/h8-20,30H,5-7,21-24H2,1-4H3,(H,33,37)/t30-/m1/s1. The van der Waals surface area contributed by atoms with Gasteiger partial charge >= 0.3 is 0 Å². The second kappa shape index (κ2) is 14.7. The van der Waals surface area contributed by atoms with Crippen molar-refractivity contribution in [3.63, 3.8) is 0 Å². The van der Waals surface area contributed by atoms with Crippen LogP contribution in [0.15, 0.2) is 78.9 Å². The van der Waals surface area contributed by atoms with Crippen LogP contribution < -0.4 is 9.62 Å². The first kappa shape index (κ1) is 30.9. The molecular formula is C32H41N3O4S. The van der Waals surface area contributed by atoms with E-state index in [0.717, 1.165) is 52.1 Å². The predicted molar refractivity (Wildman–Crippen MR) is 162 cm³/mol. The molecule has 7 nitrogen and oxygen atoms in total. The van der Waals surface area contributed by atoms with Gasteiger partial charge in [0.25, 0.3) is 0 Å². The molecule has 0 heterocycles. The minimum atomic E-state index is -3.78. The Balaban J connectivity index is 2.01. The molecule has 0 unspecified atom stereocenters. The second-order valence-corrected chi connectivity index (χ2v) is 12.1. The predicted octanol–water partition coefficient (Wildman–Crippen LogP) is 4.88. The molecule has 0 saturated heterocycles. The SMILES string of the molecule is CCCCNC(=O)[C@@H](Cc1ccccc1)N(Cc1ccc(C)cc1)C(=O)CN(c1ccc(CC)cc1)S(C)(=O)=O. The van der Waals surface area contributed by atoms with Crippen molar-refractivity contribution in [2.45, 2.75) is 59.0 Å². The summed E-state index contributed by atoms with van der Waals surface area (Å²) in [6.45, 7) is 6.32. The van der Waals surface area contributed by atoms with Gasteiger partial charge in [0.05, 0.1) is 11.9 Å². The number of anilines is 1. The highest BCUT2D eigenvalue weighted by Gasteiger charge is 2.32. The molecule has 0 radical (unpaired) electrons. The zero-order valence-electron chi connectivity index (χ0n) is 24.0. The molecule has 0 bridgehead atoms. The number of aryl methyl sites for hydroxylation is 2. The van der Waals surface area contributed by atoms with Crippen molar-refractivity contribution in [3.05, 3.63) is 101 Å². The van der Waals surface area contributed by atoms with Gasteiger partial charge in [-0.2, -0.15) is 0 Å². The van der Waals surface area contributed by atoms with Gasteiger partial charge in [0.1, 0.15) is 12.6 Å². The number of nitrogens with zero attached hydrogens (tertiary/aromatic N) is 2. The number of sulfonamides is 1. The van der Waals surface area contributed by atoms with Gasteiger partial charge in [-0.05, 0) is 48.6 Å². The van der Waals surface area contributed by atoms with Crippen molar-refractivity contribution < 1.29 is 18.0 Å². The van der Waals surface area contributed by atoms with Gasteiger partial charge in [0.2, 0.25) is 21.8 Å². The van der Waals surface area contributed by atoms with E-state index in [1.165, 1.54) is 4.90 Å². The molecule has 1 atom stereocenters. The van der Waals surface area contributed by atoms with Crippen LogP contribution in [-0.2, 0) is 39.0 Å². The highest BCUT2D eigenvalue weighted by Crippen LogP contribution is 2.21. The molecule has 0 aromatic heterocycles. The maximum absolute atomic E-state index is 14.1. The van der Waals surface area contributed by atoms with Gasteiger partial charge in [-0.15, -0.1) is 0 Å². The molecule has 3 rings (SSSR count). The van der Waals surface area contributed by atoms with Gasteiger partial charge in [-0.1, -0.05) is 92.6 Å². The minimum Gasteiger partial charge on any atom is -0.354 e. The lowest BCUT2D eigenvalue weighted by atomic mass is 10.0. The summed E-state index contributed by atoms with van der Waals surface area (Å²) in [7, 11) is -3.78. The fourth-order valence-corrected chi connectivity index (χ4v) is 5.31. The Labute approximate surface area is 239 Å². The summed E-state index contributed by atoms with van der Waals surface area (Å²) in [5, 5.41) is 3.00. The summed E-state index contributed by atoms with van der Waals surface area (Å²) in [6, 6.07) is 23.7. The van der Waals surface area contributed by atoms with E-state index in [9.17, 15) is 18.0 Å². The third-order valence-electron chi connectivity index (χ3n) is 6.89. The number of amides is 2. The largest absolute Gasteiger partial charge is 0.354 e. The highest BCUT2D eigenvalue weighted by atomic mass is 32.2. The van der Waals surface area contributed by atoms with Crippen LogP contribution in [0.1, 0.15) is 48.9 Å². The third kappa shape index (κ3) is 8.95. The normalized spacial score (nSPS) is 12.0. The van der Waals surface area contributed by atoms with Gasteiger partial charge in [-0.25, -0.2) is 8.42 Å². The summed E-state index contributed by atoms with van der Waals surface area (Å²) in [5.41, 5.74) is 4.33. The zero-order chi connectivity index (χ0) is 29.1. The number of carbonyl (C=O) groups is 2. The molecule has 0 aliphatic heterocycles. The topological polar surface area (TPSA) is 86.8 Å². The Bertz CT molecular complexity index is 1340. The van der Waals surface area contributed by atoms with Crippen LogP contribution in [0.5, 0.6) is 0 Å². The van der Waals surface area contributed by atoms with Crippen molar-refractivity contribution in [2.75, 3.05) is 23.7 Å². The lowest BCUT2D eigenvalue weighted by Crippen LogP contribution is -2.53. The molecule has 0 spiro atoms. The number of unbranched alkanes of at least 4 members (excludes halogenated alkanes) is 1. The van der Waals surface area contributed by atoms with Crippen LogP contribution in [-0.4, -0.2) is 50.5 Å². The zero-order valence-corrected chi connectivity index (χ0v) is 24.8. The van der Waals surface area contributed by atoms with E-state index >= 15 is 0 Å². The molecule has 0 aliphatic rings. The van der Waals surface area contributed by atoms with E-state index in [1.807, 2.05) is 87.5 Å². The van der Waals surface area contributed by atoms with Crippen LogP contribution in [0.3, 0.4) is 0 Å². The van der Waals surface area contributed by atoms with E-state index in [4.69, 9.17) is 0 Å². The smallest absolute Gasteiger partial charge is 0.244 e. The molecule has 3 aromatic rings. The minimum absolute atomic E-state index is 0.171. The van der Waals surface area contributed by atoms with Crippen LogP contribution >= 0.6 is 0 Å². The maximum Gasteiger partial charge on any atom is 0.244 e. The van der Waals surface area contributed by atoms with Crippen molar-refractivity contribution in [1.29, 1.82) is 0 Å². The lowest BCUT2D eigenvalue weighted by Gasteiger charge is -2.33. The van der Waals surface area contributed by atoms with Gasteiger partial charge < -0.3 is 10.2 Å². The summed E-state index contributed by atoms with van der Waals surface area (Å²) < 4.78 is 26.9. The van der Waals surface area contributed by atoms with E-state index < -0.39 is 28.5 Å². The van der Waals surface area contributed by atoms with Crippen LogP contribution in [0, 0.1) is 6.92 Å². The number of hydrogen-bond donors (Lipinski definition) is 1. The first-order valence-electron chi connectivity index (χ1n) is 13.9. The number of hydrogen-bond acceptors (Lipinski definition) is 4. The Hall–Kier alpha value is -3.65. The van der Waals surface area contributed by atoms with E-state index in [1.54, 1.807) is 12.1 Å². The van der Waals surface area contributed by atoms with Crippen molar-refractivity contribution in [1.82, 2.24) is 10.2 Å². The summed E-state index contributed by atoms with van der Waals surface area (Å²) >= 11 is 0. The molecule has 0 aliphatic carbocycles. The summed E-state index contributed by atoms with van der Waals surface area (Å²) in [6.07, 6.45) is 3.97. The third-order valence-corrected chi connectivity index (χ3v) is 8.03. The monoisotopic (exact) mass is 563 g/mol. The molecule has 0 fully saturated rings. The molecule has 214 valence electrons. The molecule has 40 heavy (non-hydrogen) atoms. The Morgan fingerprint density at radius 1 is 0.850 bits per heavy atom. The van der Waals surface area contributed by atoms with Crippen LogP contribution in [0.2, 0.25) is 0 Å². The van der Waals surface area contributed by atoms with Gasteiger partial charge in [0.15, 0.2) is 0 Å². The average molecular weight is 564 g/mol. The Morgan fingerprint density at radius 2 is 1.48 bits per heavy atom.